The smallest absolute Gasteiger partial charge is 1.00 e. The van der Waals surface area contributed by atoms with Crippen molar-refractivity contribution in [2.75, 3.05) is 11.5 Å². The van der Waals surface area contributed by atoms with Crippen LogP contribution in [0.4, 0.5) is 0 Å². The van der Waals surface area contributed by atoms with E-state index in [1.54, 1.807) is 19.6 Å². The van der Waals surface area contributed by atoms with E-state index in [2.05, 4.69) is 0 Å². The van der Waals surface area contributed by atoms with Gasteiger partial charge in [-0.15, -0.1) is 0 Å². The van der Waals surface area contributed by atoms with Gasteiger partial charge in [-0.3, -0.25) is 4.55 Å². The van der Waals surface area contributed by atoms with Crippen LogP contribution in [0.15, 0.2) is 0 Å². The minimum atomic E-state index is -4.10. The van der Waals surface area contributed by atoms with Crippen LogP contribution in [-0.2, 0) is 24.1 Å². The molecular formula is C6H17LiO6S2Si. The van der Waals surface area contributed by atoms with E-state index in [-0.39, 0.29) is 26.7 Å². The molecule has 6 nitrogen and oxygen atoms in total. The molecule has 0 radical (unpaired) electrons. The first-order chi connectivity index (χ1) is 6.41. The molecular weight excluding hydrogens is 267 g/mol. The van der Waals surface area contributed by atoms with Gasteiger partial charge in [-0.25, -0.2) is 8.42 Å². The Hall–Kier alpha value is 0.634. The van der Waals surface area contributed by atoms with Gasteiger partial charge in [-0.05, 0) is 26.1 Å². The third-order valence-electron chi connectivity index (χ3n) is 1.17. The Morgan fingerprint density at radius 3 is 1.88 bits per heavy atom. The minimum absolute atomic E-state index is 0. The van der Waals surface area contributed by atoms with Crippen molar-refractivity contribution >= 4 is 28.6 Å². The molecule has 0 spiro atoms. The van der Waals surface area contributed by atoms with Crippen LogP contribution in [0, 0.1) is 0 Å². The summed E-state index contributed by atoms with van der Waals surface area (Å²) < 4.78 is 56.5. The fourth-order valence-electron chi connectivity index (χ4n) is 0.841. The molecule has 10 heteroatoms. The summed E-state index contributed by atoms with van der Waals surface area (Å²) in [5.74, 6) is -0.960. The summed E-state index contributed by atoms with van der Waals surface area (Å²) in [5.41, 5.74) is 0. The average Bonchev–Trinajstić information content (AvgIpc) is 1.75. The van der Waals surface area contributed by atoms with E-state index in [1.165, 1.54) is 0 Å². The fraction of sp³-hybridized carbons (Fsp3) is 1.00. The second-order valence-electron chi connectivity index (χ2n) is 4.10. The van der Waals surface area contributed by atoms with Crippen molar-refractivity contribution in [1.29, 1.82) is 0 Å². The van der Waals surface area contributed by atoms with Crippen LogP contribution in [0.25, 0.3) is 0 Å². The van der Waals surface area contributed by atoms with Crippen LogP contribution in [0.5, 0.6) is 0 Å². The molecule has 0 fully saturated rings. The Labute approximate surface area is 111 Å². The summed E-state index contributed by atoms with van der Waals surface area (Å²) in [6, 6.07) is 0. The zero-order chi connectivity index (χ0) is 12.3. The molecule has 1 N–H and O–H groups in total. The monoisotopic (exact) mass is 284 g/mol. The molecule has 0 aliphatic heterocycles. The van der Waals surface area contributed by atoms with Crippen LogP contribution in [-0.4, -0.2) is 41.2 Å². The van der Waals surface area contributed by atoms with Crippen LogP contribution in [0.3, 0.4) is 0 Å². The first-order valence-corrected chi connectivity index (χ1v) is 10.9. The minimum Gasteiger partial charge on any atom is -1.00 e. The van der Waals surface area contributed by atoms with Gasteiger partial charge in [-0.1, -0.05) is 0 Å². The first-order valence-electron chi connectivity index (χ1n) is 4.30. The summed E-state index contributed by atoms with van der Waals surface area (Å²) in [7, 11) is -9.96. The van der Waals surface area contributed by atoms with Crippen LogP contribution < -0.4 is 18.9 Å². The fourth-order valence-corrected chi connectivity index (χ4v) is 5.41. The Kier molecular flexibility index (Phi) is 7.76. The number of rotatable bonds is 6. The van der Waals surface area contributed by atoms with E-state index < -0.39 is 40.1 Å². The molecule has 0 bridgehead atoms. The van der Waals surface area contributed by atoms with Gasteiger partial charge in [0.2, 0.25) is 8.32 Å². The van der Waals surface area contributed by atoms with Crippen molar-refractivity contribution in [2.45, 2.75) is 26.1 Å². The predicted octanol–water partition coefficient (Wildman–Crippen LogP) is -2.44. The van der Waals surface area contributed by atoms with Crippen molar-refractivity contribution in [3.63, 3.8) is 0 Å². The standard InChI is InChI=1S/C6H16O6S2Si.Li.H/c1-15(2,3)12-14(10,11)6-4-5-13(7,8)9;;/h4-6H2,1-3H3,(H,7,8,9);;/q;+1;-1. The van der Waals surface area contributed by atoms with Gasteiger partial charge in [0.05, 0.1) is 11.5 Å². The molecule has 0 heterocycles. The molecule has 94 valence electrons. The van der Waals surface area contributed by atoms with Gasteiger partial charge in [0.25, 0.3) is 20.2 Å². The molecule has 0 rings (SSSR count). The summed E-state index contributed by atoms with van der Waals surface area (Å²) in [6.07, 6.45) is -0.161. The maximum atomic E-state index is 11.3. The van der Waals surface area contributed by atoms with Gasteiger partial charge in [0, 0.05) is 0 Å². The Balaban J connectivity index is -0.000000980. The molecule has 0 unspecified atom stereocenters. The zero-order valence-electron chi connectivity index (χ0n) is 10.9. The topological polar surface area (TPSA) is 97.7 Å². The van der Waals surface area contributed by atoms with Crippen LogP contribution >= 0.6 is 0 Å². The SMILES string of the molecule is C[Si](C)(C)OS(=O)(=O)CCCS(=O)(=O)O.[H-].[Li+]. The summed E-state index contributed by atoms with van der Waals surface area (Å²) >= 11 is 0. The first kappa shape index (κ1) is 19.0. The zero-order valence-corrected chi connectivity index (χ0v) is 12.6. The molecule has 16 heavy (non-hydrogen) atoms. The quantitative estimate of drug-likeness (QED) is 0.430. The molecule has 0 saturated carbocycles. The number of hydrogen-bond acceptors (Lipinski definition) is 5. The van der Waals surface area contributed by atoms with Crippen LogP contribution in [0.1, 0.15) is 7.85 Å². The third-order valence-corrected chi connectivity index (χ3v) is 5.78. The van der Waals surface area contributed by atoms with Crippen molar-refractivity contribution in [3.8, 4) is 0 Å². The van der Waals surface area contributed by atoms with Gasteiger partial charge in [-0.2, -0.15) is 8.42 Å². The molecule has 0 amide bonds. The maximum absolute atomic E-state index is 11.3. The predicted molar refractivity (Wildman–Crippen MR) is 60.4 cm³/mol. The Morgan fingerprint density at radius 1 is 1.12 bits per heavy atom. The van der Waals surface area contributed by atoms with Crippen molar-refractivity contribution in [1.82, 2.24) is 0 Å². The molecule has 0 atom stereocenters. The van der Waals surface area contributed by atoms with Crippen molar-refractivity contribution < 1.29 is 45.5 Å². The molecule has 0 aromatic carbocycles. The Bertz CT molecular complexity index is 401. The average molecular weight is 284 g/mol. The van der Waals surface area contributed by atoms with Gasteiger partial charge < -0.3 is 5.30 Å². The van der Waals surface area contributed by atoms with E-state index in [4.69, 9.17) is 8.42 Å². The number of hydrogen-bond donors (Lipinski definition) is 1. The molecule has 0 aromatic rings. The summed E-state index contributed by atoms with van der Waals surface area (Å²) in [6.45, 7) is 5.15. The van der Waals surface area contributed by atoms with Gasteiger partial charge in [0.1, 0.15) is 0 Å². The van der Waals surface area contributed by atoms with E-state index in [9.17, 15) is 16.8 Å². The van der Waals surface area contributed by atoms with E-state index in [0.29, 0.717) is 0 Å². The van der Waals surface area contributed by atoms with Crippen molar-refractivity contribution in [2.24, 2.45) is 0 Å². The summed E-state index contributed by atoms with van der Waals surface area (Å²) in [4.78, 5) is 0. The third kappa shape index (κ3) is 12.7. The largest absolute Gasteiger partial charge is 1.00 e. The van der Waals surface area contributed by atoms with Gasteiger partial charge >= 0.3 is 18.9 Å². The second kappa shape index (κ2) is 6.54. The van der Waals surface area contributed by atoms with E-state index in [0.717, 1.165) is 0 Å². The van der Waals surface area contributed by atoms with E-state index in [1.807, 2.05) is 0 Å². The molecule has 0 aliphatic carbocycles. The molecule has 0 aromatic heterocycles. The Morgan fingerprint density at radius 2 is 1.56 bits per heavy atom. The second-order valence-corrected chi connectivity index (χ2v) is 12.1. The summed E-state index contributed by atoms with van der Waals surface area (Å²) in [5, 5.41) is 0. The van der Waals surface area contributed by atoms with E-state index >= 15 is 0 Å². The molecule has 0 saturated heterocycles. The van der Waals surface area contributed by atoms with Crippen LogP contribution in [0.2, 0.25) is 19.6 Å². The maximum Gasteiger partial charge on any atom is 1.00 e. The molecule has 0 aliphatic rings. The van der Waals surface area contributed by atoms with Crippen molar-refractivity contribution in [3.05, 3.63) is 0 Å². The van der Waals surface area contributed by atoms with Gasteiger partial charge in [0.15, 0.2) is 0 Å². The normalized spacial score (nSPS) is 13.2.